The molecule has 0 aromatic heterocycles. The van der Waals surface area contributed by atoms with E-state index in [2.05, 4.69) is 4.90 Å². The molecule has 2 N–H and O–H groups in total. The van der Waals surface area contributed by atoms with E-state index in [0.29, 0.717) is 4.99 Å². The van der Waals surface area contributed by atoms with Gasteiger partial charge in [0.05, 0.1) is 0 Å². The molecule has 2 atom stereocenters. The van der Waals surface area contributed by atoms with E-state index in [4.69, 9.17) is 22.7 Å². The van der Waals surface area contributed by atoms with Crippen molar-refractivity contribution in [3.8, 4) is 5.75 Å². The number of nitrogens with zero attached hydrogens (tertiary/aromatic N) is 1. The van der Waals surface area contributed by atoms with Gasteiger partial charge in [0.25, 0.3) is 0 Å². The highest BCUT2D eigenvalue weighted by Gasteiger charge is 2.35. The predicted octanol–water partition coefficient (Wildman–Crippen LogP) is 2.96. The summed E-state index contributed by atoms with van der Waals surface area (Å²) in [6.07, 6.45) is 7.03. The molecule has 1 heterocycles. The smallest absolute Gasteiger partial charge is 0.119 e. The Bertz CT molecular complexity index is 488. The summed E-state index contributed by atoms with van der Waals surface area (Å²) in [7, 11) is 0. The molecule has 1 aliphatic heterocycles. The molecule has 4 heteroatoms. The van der Waals surface area contributed by atoms with Gasteiger partial charge in [0, 0.05) is 18.2 Å². The van der Waals surface area contributed by atoms with Gasteiger partial charge in [-0.25, -0.2) is 0 Å². The first-order chi connectivity index (χ1) is 10.2. The van der Waals surface area contributed by atoms with Gasteiger partial charge in [0.1, 0.15) is 17.3 Å². The summed E-state index contributed by atoms with van der Waals surface area (Å²) >= 11 is 4.95. The lowest BCUT2D eigenvalue weighted by Crippen LogP contribution is -2.37. The fraction of sp³-hybridized carbons (Fsp3) is 0.588. The molecule has 21 heavy (non-hydrogen) atoms. The summed E-state index contributed by atoms with van der Waals surface area (Å²) in [5.41, 5.74) is 6.48. The van der Waals surface area contributed by atoms with E-state index in [1.807, 2.05) is 24.3 Å². The van der Waals surface area contributed by atoms with Crippen LogP contribution in [0.1, 0.15) is 37.7 Å². The van der Waals surface area contributed by atoms with Crippen LogP contribution in [0.4, 0.5) is 0 Å². The predicted molar refractivity (Wildman–Crippen MR) is 89.8 cm³/mol. The Morgan fingerprint density at radius 2 is 1.95 bits per heavy atom. The molecule has 0 radical (unpaired) electrons. The molecule has 114 valence electrons. The zero-order chi connectivity index (χ0) is 14.7. The number of fused-ring (bicyclic) bond motifs is 1. The van der Waals surface area contributed by atoms with Crippen molar-refractivity contribution in [2.45, 2.75) is 38.1 Å². The Hall–Kier alpha value is -1.13. The number of hydrogen-bond acceptors (Lipinski definition) is 3. The van der Waals surface area contributed by atoms with Crippen LogP contribution in [0.3, 0.4) is 0 Å². The SMILES string of the molecule is NC(=S)c1ccc(OCCN2CCC3CCCCC32)cc1. The normalized spacial score (nSPS) is 25.5. The number of rotatable bonds is 5. The summed E-state index contributed by atoms with van der Waals surface area (Å²) in [6.45, 7) is 3.05. The summed E-state index contributed by atoms with van der Waals surface area (Å²) in [5.74, 6) is 1.85. The van der Waals surface area contributed by atoms with Crippen molar-refractivity contribution in [2.75, 3.05) is 19.7 Å². The number of nitrogens with two attached hydrogens (primary N) is 1. The molecule has 3 nitrogen and oxygen atoms in total. The molecule has 0 amide bonds. The van der Waals surface area contributed by atoms with Gasteiger partial charge in [-0.3, -0.25) is 4.90 Å². The van der Waals surface area contributed by atoms with E-state index in [9.17, 15) is 0 Å². The molecule has 2 unspecified atom stereocenters. The maximum absolute atomic E-state index is 5.86. The Morgan fingerprint density at radius 1 is 1.19 bits per heavy atom. The van der Waals surface area contributed by atoms with Gasteiger partial charge in [-0.2, -0.15) is 0 Å². The number of hydrogen-bond donors (Lipinski definition) is 1. The van der Waals surface area contributed by atoms with E-state index in [0.717, 1.165) is 36.4 Å². The third kappa shape index (κ3) is 3.55. The van der Waals surface area contributed by atoms with Crippen LogP contribution in [0.2, 0.25) is 0 Å². The second kappa shape index (κ2) is 6.75. The van der Waals surface area contributed by atoms with Gasteiger partial charge >= 0.3 is 0 Å². The highest BCUT2D eigenvalue weighted by molar-refractivity contribution is 7.80. The zero-order valence-corrected chi connectivity index (χ0v) is 13.3. The average molecular weight is 304 g/mol. The van der Waals surface area contributed by atoms with Crippen molar-refractivity contribution < 1.29 is 4.74 Å². The van der Waals surface area contributed by atoms with Gasteiger partial charge in [0.2, 0.25) is 0 Å². The number of benzene rings is 1. The largest absolute Gasteiger partial charge is 0.492 e. The van der Waals surface area contributed by atoms with Crippen molar-refractivity contribution in [3.05, 3.63) is 29.8 Å². The van der Waals surface area contributed by atoms with E-state index < -0.39 is 0 Å². The Kier molecular flexibility index (Phi) is 4.76. The fourth-order valence-electron chi connectivity index (χ4n) is 3.78. The molecule has 1 aliphatic carbocycles. The quantitative estimate of drug-likeness (QED) is 0.849. The second-order valence-electron chi connectivity index (χ2n) is 6.17. The van der Waals surface area contributed by atoms with E-state index in [1.165, 1.54) is 38.6 Å². The third-order valence-electron chi connectivity index (χ3n) is 4.91. The van der Waals surface area contributed by atoms with Crippen LogP contribution in [0.15, 0.2) is 24.3 Å². The highest BCUT2D eigenvalue weighted by Crippen LogP contribution is 2.35. The molecule has 1 saturated carbocycles. The standard InChI is InChI=1S/C17H24N2OS/c18-17(21)14-5-7-15(8-6-14)20-12-11-19-10-9-13-3-1-2-4-16(13)19/h5-8,13,16H,1-4,9-12H2,(H2,18,21). The number of thiocarbonyl (C=S) groups is 1. The summed E-state index contributed by atoms with van der Waals surface area (Å²) in [6, 6.07) is 8.55. The minimum Gasteiger partial charge on any atom is -0.492 e. The van der Waals surface area contributed by atoms with Crippen LogP contribution >= 0.6 is 12.2 Å². The molecule has 0 bridgehead atoms. The lowest BCUT2D eigenvalue weighted by Gasteiger charge is -2.31. The highest BCUT2D eigenvalue weighted by atomic mass is 32.1. The van der Waals surface area contributed by atoms with Crippen LogP contribution in [0.25, 0.3) is 0 Å². The first kappa shape index (κ1) is 14.8. The van der Waals surface area contributed by atoms with Crippen LogP contribution in [-0.4, -0.2) is 35.6 Å². The number of ether oxygens (including phenoxy) is 1. The maximum Gasteiger partial charge on any atom is 0.119 e. The molecule has 0 spiro atoms. The first-order valence-corrected chi connectivity index (χ1v) is 8.41. The molecular weight excluding hydrogens is 280 g/mol. The van der Waals surface area contributed by atoms with Gasteiger partial charge in [-0.15, -0.1) is 0 Å². The van der Waals surface area contributed by atoms with Crippen LogP contribution in [0, 0.1) is 5.92 Å². The van der Waals surface area contributed by atoms with Crippen molar-refractivity contribution in [2.24, 2.45) is 11.7 Å². The lowest BCUT2D eigenvalue weighted by molar-refractivity contribution is 0.154. The molecule has 1 saturated heterocycles. The zero-order valence-electron chi connectivity index (χ0n) is 12.5. The fourth-order valence-corrected chi connectivity index (χ4v) is 3.91. The molecular formula is C17H24N2OS. The van der Waals surface area contributed by atoms with E-state index in [1.54, 1.807) is 0 Å². The van der Waals surface area contributed by atoms with Crippen molar-refractivity contribution in [1.29, 1.82) is 0 Å². The average Bonchev–Trinajstić information content (AvgIpc) is 2.91. The molecule has 3 rings (SSSR count). The maximum atomic E-state index is 5.86. The summed E-state index contributed by atoms with van der Waals surface area (Å²) in [5, 5.41) is 0. The molecule has 2 fully saturated rings. The lowest BCUT2D eigenvalue weighted by atomic mass is 9.85. The second-order valence-corrected chi connectivity index (χ2v) is 6.61. The van der Waals surface area contributed by atoms with Crippen LogP contribution < -0.4 is 10.5 Å². The van der Waals surface area contributed by atoms with Crippen molar-refractivity contribution >= 4 is 17.2 Å². The number of likely N-dealkylation sites (tertiary alicyclic amines) is 1. The van der Waals surface area contributed by atoms with Crippen molar-refractivity contribution in [3.63, 3.8) is 0 Å². The summed E-state index contributed by atoms with van der Waals surface area (Å²) < 4.78 is 5.86. The topological polar surface area (TPSA) is 38.5 Å². The Labute approximate surface area is 132 Å². The first-order valence-electron chi connectivity index (χ1n) is 8.01. The molecule has 1 aromatic carbocycles. The third-order valence-corrected chi connectivity index (χ3v) is 5.15. The molecule has 1 aromatic rings. The van der Waals surface area contributed by atoms with Crippen LogP contribution in [0.5, 0.6) is 5.75 Å². The Morgan fingerprint density at radius 3 is 2.71 bits per heavy atom. The van der Waals surface area contributed by atoms with Gasteiger partial charge < -0.3 is 10.5 Å². The summed E-state index contributed by atoms with van der Waals surface area (Å²) in [4.78, 5) is 3.06. The minimum absolute atomic E-state index is 0.432. The van der Waals surface area contributed by atoms with Gasteiger partial charge in [0.15, 0.2) is 0 Å². The monoisotopic (exact) mass is 304 g/mol. The Balaban J connectivity index is 1.46. The van der Waals surface area contributed by atoms with Gasteiger partial charge in [-0.1, -0.05) is 25.1 Å². The van der Waals surface area contributed by atoms with E-state index in [-0.39, 0.29) is 0 Å². The molecule has 2 aliphatic rings. The van der Waals surface area contributed by atoms with Gasteiger partial charge in [-0.05, 0) is 56.0 Å². The van der Waals surface area contributed by atoms with Crippen LogP contribution in [-0.2, 0) is 0 Å². The van der Waals surface area contributed by atoms with E-state index >= 15 is 0 Å². The minimum atomic E-state index is 0.432. The van der Waals surface area contributed by atoms with Crippen molar-refractivity contribution in [1.82, 2.24) is 4.90 Å².